The molecule has 1 N–H and O–H groups in total. The Bertz CT molecular complexity index is 712. The Hall–Kier alpha value is -2.78. The molecule has 21 heavy (non-hydrogen) atoms. The quantitative estimate of drug-likeness (QED) is 0.530. The fourth-order valence-electron chi connectivity index (χ4n) is 1.60. The molecular weight excluding hydrogens is 292 g/mol. The molecule has 0 saturated carbocycles. The van der Waals surface area contributed by atoms with E-state index in [1.165, 1.54) is 24.5 Å². The van der Waals surface area contributed by atoms with Gasteiger partial charge in [-0.3, -0.25) is 9.59 Å². The minimum absolute atomic E-state index is 0.0295. The van der Waals surface area contributed by atoms with Gasteiger partial charge in [-0.25, -0.2) is 9.97 Å². The molecular formula is C14H9ClN4O2. The molecule has 1 atom stereocenters. The molecule has 1 amide bonds. The predicted octanol–water partition coefficient (Wildman–Crippen LogP) is 2.09. The van der Waals surface area contributed by atoms with Crippen LogP contribution in [-0.2, 0) is 4.79 Å². The number of ketones is 1. The molecule has 2 rings (SSSR count). The molecule has 0 fully saturated rings. The van der Waals surface area contributed by atoms with E-state index in [2.05, 4.69) is 15.3 Å². The molecule has 0 bridgehead atoms. The molecule has 7 heteroatoms. The van der Waals surface area contributed by atoms with Crippen molar-refractivity contribution in [3.05, 3.63) is 53.4 Å². The van der Waals surface area contributed by atoms with E-state index in [4.69, 9.17) is 16.9 Å². The van der Waals surface area contributed by atoms with Gasteiger partial charge in [-0.15, -0.1) is 0 Å². The number of hydrogen-bond acceptors (Lipinski definition) is 5. The fourth-order valence-corrected chi connectivity index (χ4v) is 1.81. The number of aromatic nitrogens is 2. The van der Waals surface area contributed by atoms with Crippen LogP contribution in [0.3, 0.4) is 0 Å². The van der Waals surface area contributed by atoms with Gasteiger partial charge < -0.3 is 5.32 Å². The Morgan fingerprint density at radius 2 is 1.95 bits per heavy atom. The number of amides is 1. The van der Waals surface area contributed by atoms with Crippen molar-refractivity contribution in [2.45, 2.75) is 0 Å². The lowest BCUT2D eigenvalue weighted by Crippen LogP contribution is -2.29. The Morgan fingerprint density at radius 1 is 1.19 bits per heavy atom. The smallest absolute Gasteiger partial charge is 0.250 e. The maximum absolute atomic E-state index is 12.2. The number of carbonyl (C=O) groups excluding carboxylic acids is 2. The van der Waals surface area contributed by atoms with Crippen LogP contribution in [0.5, 0.6) is 0 Å². The maximum atomic E-state index is 12.2. The van der Waals surface area contributed by atoms with E-state index in [9.17, 15) is 9.59 Å². The average molecular weight is 301 g/mol. The number of nitrogens with zero attached hydrogens (tertiary/aromatic N) is 3. The highest BCUT2D eigenvalue weighted by Crippen LogP contribution is 2.17. The Balaban J connectivity index is 2.20. The largest absolute Gasteiger partial charge is 0.309 e. The third-order valence-corrected chi connectivity index (χ3v) is 2.90. The third kappa shape index (κ3) is 3.41. The lowest BCUT2D eigenvalue weighted by Gasteiger charge is -2.09. The molecule has 0 aliphatic heterocycles. The fraction of sp³-hybridized carbons (Fsp3) is 0.0714. The van der Waals surface area contributed by atoms with Gasteiger partial charge >= 0.3 is 0 Å². The van der Waals surface area contributed by atoms with Crippen LogP contribution in [0, 0.1) is 17.2 Å². The number of Topliss-reactive ketones (excluding diaryl/α,β-unsaturated/α-hetero) is 1. The van der Waals surface area contributed by atoms with Gasteiger partial charge in [0.2, 0.25) is 0 Å². The molecule has 0 saturated heterocycles. The summed E-state index contributed by atoms with van der Waals surface area (Å²) in [7, 11) is 0. The summed E-state index contributed by atoms with van der Waals surface area (Å²) in [6.07, 6.45) is 2.89. The summed E-state index contributed by atoms with van der Waals surface area (Å²) in [4.78, 5) is 31.9. The van der Waals surface area contributed by atoms with E-state index in [1.54, 1.807) is 24.3 Å². The van der Waals surface area contributed by atoms with Crippen molar-refractivity contribution in [3.63, 3.8) is 0 Å². The summed E-state index contributed by atoms with van der Waals surface area (Å²) < 4.78 is 0. The zero-order chi connectivity index (χ0) is 15.2. The monoisotopic (exact) mass is 300 g/mol. The second-order valence-electron chi connectivity index (χ2n) is 3.97. The van der Waals surface area contributed by atoms with Gasteiger partial charge in [-0.2, -0.15) is 5.26 Å². The molecule has 2 heterocycles. The Morgan fingerprint density at radius 3 is 2.57 bits per heavy atom. The van der Waals surface area contributed by atoms with Crippen LogP contribution in [0.1, 0.15) is 10.4 Å². The van der Waals surface area contributed by atoms with E-state index in [0.29, 0.717) is 0 Å². The van der Waals surface area contributed by atoms with E-state index in [1.807, 2.05) is 0 Å². The van der Waals surface area contributed by atoms with Crippen molar-refractivity contribution in [2.24, 2.45) is 5.92 Å². The number of hydrogen-bond donors (Lipinski definition) is 1. The summed E-state index contributed by atoms with van der Waals surface area (Å²) in [5.41, 5.74) is 0.0295. The number of carbonyl (C=O) groups is 2. The zero-order valence-corrected chi connectivity index (χ0v) is 11.4. The van der Waals surface area contributed by atoms with Crippen molar-refractivity contribution < 1.29 is 9.59 Å². The number of rotatable bonds is 4. The first-order valence-electron chi connectivity index (χ1n) is 5.89. The molecule has 6 nitrogen and oxygen atoms in total. The molecule has 0 unspecified atom stereocenters. The van der Waals surface area contributed by atoms with E-state index >= 15 is 0 Å². The molecule has 2 aromatic heterocycles. The first kappa shape index (κ1) is 14.6. The first-order chi connectivity index (χ1) is 10.1. The molecule has 0 aliphatic rings. The average Bonchev–Trinajstić information content (AvgIpc) is 2.49. The van der Waals surface area contributed by atoms with Crippen LogP contribution in [0.25, 0.3) is 0 Å². The van der Waals surface area contributed by atoms with Crippen LogP contribution in [0.15, 0.2) is 42.7 Å². The van der Waals surface area contributed by atoms with Crippen LogP contribution >= 0.6 is 11.6 Å². The number of nitrogens with one attached hydrogen (secondary N) is 1. The summed E-state index contributed by atoms with van der Waals surface area (Å²) in [6.45, 7) is 0. The van der Waals surface area contributed by atoms with Gasteiger partial charge in [0.15, 0.2) is 11.7 Å². The lowest BCUT2D eigenvalue weighted by atomic mass is 9.99. The maximum Gasteiger partial charge on any atom is 0.250 e. The molecule has 2 aromatic rings. The topological polar surface area (TPSA) is 95.7 Å². The Labute approximate surface area is 125 Å². The number of anilines is 1. The number of nitriles is 1. The summed E-state index contributed by atoms with van der Waals surface area (Å²) in [5.74, 6) is -2.73. The molecule has 0 aliphatic carbocycles. The molecule has 0 aromatic carbocycles. The van der Waals surface area contributed by atoms with Crippen LogP contribution in [0.2, 0.25) is 5.15 Å². The van der Waals surface area contributed by atoms with E-state index < -0.39 is 17.6 Å². The van der Waals surface area contributed by atoms with Crippen LogP contribution < -0.4 is 5.32 Å². The van der Waals surface area contributed by atoms with Gasteiger partial charge in [0, 0.05) is 12.4 Å². The SMILES string of the molecule is N#C[C@H](C(=O)Nc1ccccn1)C(=O)c1cccnc1Cl. The molecule has 104 valence electrons. The summed E-state index contributed by atoms with van der Waals surface area (Å²) in [6, 6.07) is 9.49. The highest BCUT2D eigenvalue weighted by molar-refractivity contribution is 6.33. The minimum Gasteiger partial charge on any atom is -0.309 e. The van der Waals surface area contributed by atoms with Crippen molar-refractivity contribution in [3.8, 4) is 6.07 Å². The van der Waals surface area contributed by atoms with Crippen molar-refractivity contribution in [1.29, 1.82) is 5.26 Å². The second-order valence-corrected chi connectivity index (χ2v) is 4.33. The Kier molecular flexibility index (Phi) is 4.59. The minimum atomic E-state index is -1.52. The lowest BCUT2D eigenvalue weighted by molar-refractivity contribution is -0.117. The van der Waals surface area contributed by atoms with Gasteiger partial charge in [-0.05, 0) is 24.3 Å². The summed E-state index contributed by atoms with van der Waals surface area (Å²) in [5, 5.41) is 11.4. The highest BCUT2D eigenvalue weighted by atomic mass is 35.5. The van der Waals surface area contributed by atoms with Crippen LogP contribution in [0.4, 0.5) is 5.82 Å². The molecule has 0 spiro atoms. The predicted molar refractivity (Wildman–Crippen MR) is 75.5 cm³/mol. The number of pyridine rings is 2. The van der Waals surface area contributed by atoms with Gasteiger partial charge in [-0.1, -0.05) is 17.7 Å². The van der Waals surface area contributed by atoms with Crippen molar-refractivity contribution >= 4 is 29.1 Å². The number of halogens is 1. The first-order valence-corrected chi connectivity index (χ1v) is 6.27. The van der Waals surface area contributed by atoms with Crippen molar-refractivity contribution in [1.82, 2.24) is 9.97 Å². The molecule has 0 radical (unpaired) electrons. The van der Waals surface area contributed by atoms with Crippen LogP contribution in [-0.4, -0.2) is 21.7 Å². The van der Waals surface area contributed by atoms with Gasteiger partial charge in [0.05, 0.1) is 11.6 Å². The second kappa shape index (κ2) is 6.59. The van der Waals surface area contributed by atoms with Crippen molar-refractivity contribution in [2.75, 3.05) is 5.32 Å². The van der Waals surface area contributed by atoms with E-state index in [-0.39, 0.29) is 16.5 Å². The van der Waals surface area contributed by atoms with Gasteiger partial charge in [0.1, 0.15) is 11.0 Å². The standard InChI is InChI=1S/C14H9ClN4O2/c15-13-9(4-3-7-18-13)12(20)10(8-16)14(21)19-11-5-1-2-6-17-11/h1-7,10H,(H,17,19,21)/t10-/m0/s1. The highest BCUT2D eigenvalue weighted by Gasteiger charge is 2.29. The van der Waals surface area contributed by atoms with Gasteiger partial charge in [0.25, 0.3) is 5.91 Å². The summed E-state index contributed by atoms with van der Waals surface area (Å²) >= 11 is 5.80. The zero-order valence-electron chi connectivity index (χ0n) is 10.7. The normalized spacial score (nSPS) is 11.2. The van der Waals surface area contributed by atoms with E-state index in [0.717, 1.165) is 0 Å². The third-order valence-electron chi connectivity index (χ3n) is 2.59.